The Morgan fingerprint density at radius 3 is 2.86 bits per heavy atom. The largest absolute Gasteiger partial charge is 0.365 e. The van der Waals surface area contributed by atoms with Gasteiger partial charge in [0.15, 0.2) is 0 Å². The van der Waals surface area contributed by atoms with Crippen LogP contribution in [0, 0.1) is 0 Å². The maximum Gasteiger partial charge on any atom is 0.116 e. The van der Waals surface area contributed by atoms with E-state index in [0.29, 0.717) is 0 Å². The van der Waals surface area contributed by atoms with Crippen LogP contribution in [0.3, 0.4) is 0 Å². The van der Waals surface area contributed by atoms with Crippen molar-refractivity contribution in [3.05, 3.63) is 53.9 Å². The second kappa shape index (κ2) is 5.19. The lowest BCUT2D eigenvalue weighted by molar-refractivity contribution is 0.370. The highest BCUT2D eigenvalue weighted by Crippen LogP contribution is 2.34. The van der Waals surface area contributed by atoms with Crippen molar-refractivity contribution in [3.8, 4) is 21.8 Å². The molecule has 22 heavy (non-hydrogen) atoms. The van der Waals surface area contributed by atoms with Crippen molar-refractivity contribution in [2.45, 2.75) is 12.5 Å². The number of rotatable bonds is 4. The van der Waals surface area contributed by atoms with Crippen LogP contribution >= 0.6 is 11.3 Å². The van der Waals surface area contributed by atoms with Crippen LogP contribution in [0.4, 0.5) is 0 Å². The number of hydrogen-bond acceptors (Lipinski definition) is 4. The van der Waals surface area contributed by atoms with Gasteiger partial charge in [-0.1, -0.05) is 30.3 Å². The molecule has 1 aliphatic rings. The molecule has 2 aromatic heterocycles. The molecular formula is C17H15N3OS. The van der Waals surface area contributed by atoms with Gasteiger partial charge in [0, 0.05) is 11.8 Å². The van der Waals surface area contributed by atoms with E-state index in [0.717, 1.165) is 33.4 Å². The number of aromatic nitrogens is 3. The van der Waals surface area contributed by atoms with Gasteiger partial charge in [0.1, 0.15) is 10.6 Å². The highest BCUT2D eigenvalue weighted by molar-refractivity contribution is 7.15. The van der Waals surface area contributed by atoms with Crippen molar-refractivity contribution in [1.82, 2.24) is 15.0 Å². The predicted octanol–water partition coefficient (Wildman–Crippen LogP) is 4.00. The van der Waals surface area contributed by atoms with E-state index in [-0.39, 0.29) is 5.60 Å². The van der Waals surface area contributed by atoms with Gasteiger partial charge in [0.2, 0.25) is 0 Å². The Morgan fingerprint density at radius 2 is 2.09 bits per heavy atom. The van der Waals surface area contributed by atoms with Crippen LogP contribution in [0.15, 0.2) is 48.9 Å². The van der Waals surface area contributed by atoms with Crippen LogP contribution < -0.4 is 0 Å². The van der Waals surface area contributed by atoms with Crippen molar-refractivity contribution in [2.75, 3.05) is 6.61 Å². The van der Waals surface area contributed by atoms with E-state index in [1.54, 1.807) is 17.7 Å². The minimum atomic E-state index is -0.0883. The molecule has 0 saturated carbocycles. The van der Waals surface area contributed by atoms with Gasteiger partial charge in [0.25, 0.3) is 0 Å². The van der Waals surface area contributed by atoms with Gasteiger partial charge in [-0.2, -0.15) is 0 Å². The Balaban J connectivity index is 1.65. The van der Waals surface area contributed by atoms with E-state index in [1.807, 2.05) is 30.5 Å². The standard InChI is InChI=1S/C17H15N3OS/c1-17(10-21-17)8-7-14-18-9-13(22-14)16-15(19-11-20-16)12-5-3-2-4-6-12/h2-9,11H,10H2,1H3,(H,19,20)/b8-7-. The maximum absolute atomic E-state index is 5.35. The molecule has 1 aromatic carbocycles. The zero-order valence-electron chi connectivity index (χ0n) is 12.1. The number of hydrogen-bond donors (Lipinski definition) is 1. The normalized spacial score (nSPS) is 20.6. The van der Waals surface area contributed by atoms with E-state index in [1.165, 1.54) is 0 Å². The van der Waals surface area contributed by atoms with Crippen molar-refractivity contribution in [2.24, 2.45) is 0 Å². The monoisotopic (exact) mass is 309 g/mol. The molecule has 0 aliphatic carbocycles. The zero-order chi connectivity index (χ0) is 15.0. The minimum absolute atomic E-state index is 0.0883. The third-order valence-corrected chi connectivity index (χ3v) is 4.61. The zero-order valence-corrected chi connectivity index (χ0v) is 12.9. The van der Waals surface area contributed by atoms with E-state index in [4.69, 9.17) is 4.74 Å². The number of aromatic amines is 1. The van der Waals surface area contributed by atoms with Gasteiger partial charge in [-0.3, -0.25) is 0 Å². The highest BCUT2D eigenvalue weighted by atomic mass is 32.1. The first-order valence-electron chi connectivity index (χ1n) is 7.12. The molecule has 0 radical (unpaired) electrons. The number of imidazole rings is 1. The summed E-state index contributed by atoms with van der Waals surface area (Å²) in [5.74, 6) is 0. The first-order chi connectivity index (χ1) is 10.7. The van der Waals surface area contributed by atoms with Gasteiger partial charge in [-0.15, -0.1) is 11.3 Å². The predicted molar refractivity (Wildman–Crippen MR) is 88.5 cm³/mol. The summed E-state index contributed by atoms with van der Waals surface area (Å²) in [6, 6.07) is 10.2. The molecule has 1 saturated heterocycles. The quantitative estimate of drug-likeness (QED) is 0.741. The number of benzene rings is 1. The lowest BCUT2D eigenvalue weighted by atomic mass is 10.1. The van der Waals surface area contributed by atoms with Crippen LogP contribution in [0.1, 0.15) is 11.9 Å². The number of H-pyrrole nitrogens is 1. The lowest BCUT2D eigenvalue weighted by Gasteiger charge is -1.99. The number of nitrogens with zero attached hydrogens (tertiary/aromatic N) is 2. The Bertz CT molecular complexity index is 815. The van der Waals surface area contributed by atoms with Gasteiger partial charge >= 0.3 is 0 Å². The Morgan fingerprint density at radius 1 is 1.27 bits per heavy atom. The van der Waals surface area contributed by atoms with Crippen LogP contribution in [0.2, 0.25) is 0 Å². The molecule has 1 aliphatic heterocycles. The highest BCUT2D eigenvalue weighted by Gasteiger charge is 2.36. The third kappa shape index (κ3) is 2.61. The second-order valence-electron chi connectivity index (χ2n) is 5.49. The van der Waals surface area contributed by atoms with Crippen molar-refractivity contribution >= 4 is 17.4 Å². The third-order valence-electron chi connectivity index (χ3n) is 3.63. The first-order valence-corrected chi connectivity index (χ1v) is 7.93. The van der Waals surface area contributed by atoms with Gasteiger partial charge in [-0.05, 0) is 19.1 Å². The second-order valence-corrected chi connectivity index (χ2v) is 6.55. The molecule has 0 bridgehead atoms. The summed E-state index contributed by atoms with van der Waals surface area (Å²) >= 11 is 1.64. The maximum atomic E-state index is 5.35. The van der Waals surface area contributed by atoms with E-state index in [2.05, 4.69) is 40.1 Å². The topological polar surface area (TPSA) is 54.1 Å². The number of nitrogens with one attached hydrogen (secondary N) is 1. The fourth-order valence-corrected chi connectivity index (χ4v) is 3.06. The van der Waals surface area contributed by atoms with E-state index in [9.17, 15) is 0 Å². The number of thiazole rings is 1. The van der Waals surface area contributed by atoms with Gasteiger partial charge in [0.05, 0.1) is 29.2 Å². The fourth-order valence-electron chi connectivity index (χ4n) is 2.23. The molecule has 4 rings (SSSR count). The minimum Gasteiger partial charge on any atom is -0.365 e. The summed E-state index contributed by atoms with van der Waals surface area (Å²) in [7, 11) is 0. The molecule has 0 spiro atoms. The average molecular weight is 309 g/mol. The molecule has 5 heteroatoms. The summed E-state index contributed by atoms with van der Waals surface area (Å²) in [5.41, 5.74) is 2.98. The number of ether oxygens (including phenoxy) is 1. The summed E-state index contributed by atoms with van der Waals surface area (Å²) in [5, 5.41) is 0.973. The number of epoxide rings is 1. The Hall–Kier alpha value is -2.24. The molecule has 1 N–H and O–H groups in total. The lowest BCUT2D eigenvalue weighted by Crippen LogP contribution is -1.96. The smallest absolute Gasteiger partial charge is 0.116 e. The van der Waals surface area contributed by atoms with Crippen LogP contribution in [-0.4, -0.2) is 27.2 Å². The van der Waals surface area contributed by atoms with E-state index >= 15 is 0 Å². The molecule has 110 valence electrons. The molecule has 1 atom stereocenters. The molecular weight excluding hydrogens is 294 g/mol. The Kier molecular flexibility index (Phi) is 3.17. The molecule has 3 heterocycles. The van der Waals surface area contributed by atoms with E-state index < -0.39 is 0 Å². The SMILES string of the molecule is CC1(/C=C\c2ncc(-c3[nH]cnc3-c3ccccc3)s2)CO1. The first kappa shape index (κ1) is 13.4. The molecule has 1 unspecified atom stereocenters. The molecule has 0 amide bonds. The van der Waals surface area contributed by atoms with Gasteiger partial charge in [-0.25, -0.2) is 9.97 Å². The van der Waals surface area contributed by atoms with Crippen molar-refractivity contribution < 1.29 is 4.74 Å². The summed E-state index contributed by atoms with van der Waals surface area (Å²) in [6.07, 6.45) is 7.72. The Labute approximate surface area is 132 Å². The molecule has 4 nitrogen and oxygen atoms in total. The molecule has 3 aromatic rings. The van der Waals surface area contributed by atoms with Gasteiger partial charge < -0.3 is 9.72 Å². The van der Waals surface area contributed by atoms with Crippen molar-refractivity contribution in [3.63, 3.8) is 0 Å². The molecule has 1 fully saturated rings. The van der Waals surface area contributed by atoms with Crippen LogP contribution in [-0.2, 0) is 4.74 Å². The average Bonchev–Trinajstić information content (AvgIpc) is 2.99. The van der Waals surface area contributed by atoms with Crippen LogP contribution in [0.25, 0.3) is 27.9 Å². The summed E-state index contributed by atoms with van der Waals surface area (Å²) in [4.78, 5) is 13.2. The summed E-state index contributed by atoms with van der Waals surface area (Å²) in [6.45, 7) is 2.86. The summed E-state index contributed by atoms with van der Waals surface area (Å²) < 4.78 is 5.35. The van der Waals surface area contributed by atoms with Crippen LogP contribution in [0.5, 0.6) is 0 Å². The van der Waals surface area contributed by atoms with Crippen molar-refractivity contribution in [1.29, 1.82) is 0 Å². The fraction of sp³-hybridized carbons (Fsp3) is 0.176.